The van der Waals surface area contributed by atoms with Crippen molar-refractivity contribution in [1.29, 1.82) is 0 Å². The van der Waals surface area contributed by atoms with Gasteiger partial charge in [-0.15, -0.1) is 10.2 Å². The minimum absolute atomic E-state index is 0. The van der Waals surface area contributed by atoms with Crippen LogP contribution in [0, 0.1) is 20.2 Å². The van der Waals surface area contributed by atoms with Crippen LogP contribution >= 0.6 is 23.2 Å². The zero-order valence-electron chi connectivity index (χ0n) is 45.0. The normalized spacial score (nSPS) is 11.4. The number of fused-ring (bicyclic) bond motifs is 2. The van der Waals surface area contributed by atoms with E-state index in [1.54, 1.807) is 0 Å². The summed E-state index contributed by atoms with van der Waals surface area (Å²) in [6, 6.07) is 7.81. The van der Waals surface area contributed by atoms with E-state index in [2.05, 4.69) is 61.0 Å². The number of aromatic nitrogens is 6. The molecule has 434 valence electrons. The molecule has 0 radical (unpaired) electrons. The van der Waals surface area contributed by atoms with Gasteiger partial charge in [0, 0.05) is 35.6 Å². The molecule has 36 nitrogen and oxygen atoms in total. The summed E-state index contributed by atoms with van der Waals surface area (Å²) < 4.78 is 153. The van der Waals surface area contributed by atoms with Crippen LogP contribution in [0.2, 0.25) is 10.6 Å². The first-order valence-electron chi connectivity index (χ1n) is 20.8. The number of methoxy groups -OCH3 is 2. The van der Waals surface area contributed by atoms with Crippen LogP contribution in [0.3, 0.4) is 0 Å². The molecule has 87 heavy (non-hydrogen) atoms. The van der Waals surface area contributed by atoms with E-state index in [0.717, 1.165) is 24.3 Å². The Balaban J connectivity index is 0.000000824. The van der Waals surface area contributed by atoms with Crippen molar-refractivity contribution in [2.24, 2.45) is 20.5 Å². The first kappa shape index (κ1) is 78.1. The third kappa shape index (κ3) is 19.0. The van der Waals surface area contributed by atoms with Crippen LogP contribution in [0.5, 0.6) is 35.0 Å². The fourth-order valence-corrected chi connectivity index (χ4v) is 9.40. The average Bonchev–Trinajstić information content (AvgIpc) is 0.914. The number of anilines is 4. The van der Waals surface area contributed by atoms with E-state index in [1.165, 1.54) is 14.2 Å². The summed E-state index contributed by atoms with van der Waals surface area (Å²) >= 11 is 11.6. The van der Waals surface area contributed by atoms with Crippen molar-refractivity contribution in [2.45, 2.75) is 19.6 Å². The van der Waals surface area contributed by atoms with Crippen molar-refractivity contribution in [2.75, 3.05) is 24.9 Å². The Morgan fingerprint density at radius 2 is 0.828 bits per heavy atom. The number of azo groups is 2. The standard InChI is InChI=1S/2C20H14ClN7O11S2.Co.4Na/c2*1-39-20-24-18(21)23-19(25-20)22-12-7-10(40(33,34)35)4-8-5-14(41(36,37)38)16(17(30)15(8)12)27-26-11-6-9(28(31)32)2-3-13(11)29;;;;;/h2*2-7,29-30H,1H3,(H,33,34,35)(H,36,37,38)(H,22,23,24,25);;;;;/q;;+3;4*+1/p-7. The first-order valence-corrected chi connectivity index (χ1v) is 27.2. The number of halogens is 2. The molecule has 0 amide bonds. The molecule has 0 aliphatic carbocycles. The predicted octanol–water partition coefficient (Wildman–Crippen LogP) is -8.46. The first-order chi connectivity index (χ1) is 38.2. The molecule has 0 fully saturated rings. The maximum atomic E-state index is 13.5. The van der Waals surface area contributed by atoms with Crippen LogP contribution in [-0.4, -0.2) is 106 Å². The number of nitrogens with one attached hydrogen (secondary N) is 2. The van der Waals surface area contributed by atoms with E-state index in [4.69, 9.17) is 32.7 Å². The van der Waals surface area contributed by atoms with Gasteiger partial charge in [0.2, 0.25) is 22.5 Å². The van der Waals surface area contributed by atoms with Crippen LogP contribution in [0.4, 0.5) is 57.4 Å². The van der Waals surface area contributed by atoms with Gasteiger partial charge in [-0.05, 0) is 81.1 Å². The molecule has 6 aromatic carbocycles. The molecule has 0 aliphatic rings. The number of benzene rings is 6. The summed E-state index contributed by atoms with van der Waals surface area (Å²) in [4.78, 5) is 38.2. The molecular weight excluding hydrogens is 1380 g/mol. The molecule has 8 aromatic rings. The number of ether oxygens (including phenoxy) is 2. The molecule has 0 unspecified atom stereocenters. The van der Waals surface area contributed by atoms with E-state index in [-0.39, 0.29) is 148 Å². The summed E-state index contributed by atoms with van der Waals surface area (Å²) in [6.45, 7) is 0. The second-order valence-electron chi connectivity index (χ2n) is 15.4. The van der Waals surface area contributed by atoms with Crippen molar-refractivity contribution in [1.82, 2.24) is 29.9 Å². The van der Waals surface area contributed by atoms with Gasteiger partial charge in [-0.2, -0.15) is 40.1 Å². The third-order valence-corrected chi connectivity index (χ3v) is 13.8. The van der Waals surface area contributed by atoms with Gasteiger partial charge in [-0.1, -0.05) is 35.1 Å². The minimum atomic E-state index is -5.52. The Bertz CT molecular complexity index is 4300. The minimum Gasteiger partial charge on any atom is -0.871 e. The topological polar surface area (TPSA) is 577 Å². The average molecular weight is 1400 g/mol. The van der Waals surface area contributed by atoms with E-state index < -0.39 is 182 Å². The van der Waals surface area contributed by atoms with Gasteiger partial charge in [0.1, 0.15) is 40.5 Å². The SMILES string of the molecule is COc1nc(Cl)nc(Nc2cc(S(=O)(=O)[O-])cc3cc(S(=O)(=O)[O-])c(N=Nc4cc([N+](=O)[O-])ccc4[O-])c([O-])c23)n1.COc1nc(Cl)nc(Nc2cc(S(=O)(=O)[O-])cc3cc(S(=O)(=O)[O-])c(N=Nc4cc([N+](=O)[O-])ccc4[O-])c([O-])c23)n1.[Co+3].[H+].[Na+].[Na+].[Na+].[Na+]. The van der Waals surface area contributed by atoms with Crippen molar-refractivity contribution < 1.29 is 228 Å². The summed E-state index contributed by atoms with van der Waals surface area (Å²) in [5.41, 5.74) is -5.76. The summed E-state index contributed by atoms with van der Waals surface area (Å²) in [5.74, 6) is -5.32. The molecule has 0 aliphatic heterocycles. The maximum absolute atomic E-state index is 13.5. The van der Waals surface area contributed by atoms with Gasteiger partial charge < -0.3 is 58.7 Å². The Kier molecular flexibility index (Phi) is 28.0. The van der Waals surface area contributed by atoms with Crippen LogP contribution in [0.1, 0.15) is 1.43 Å². The number of nitro benzene ring substituents is 2. The predicted molar refractivity (Wildman–Crippen MR) is 263 cm³/mol. The van der Waals surface area contributed by atoms with Crippen LogP contribution in [0.15, 0.2) is 113 Å². The molecule has 0 atom stereocenters. The molecule has 0 saturated heterocycles. The van der Waals surface area contributed by atoms with Crippen molar-refractivity contribution in [3.63, 3.8) is 0 Å². The monoisotopic (exact) mass is 1400 g/mol. The number of nitrogens with zero attached hydrogens (tertiary/aromatic N) is 12. The fourth-order valence-electron chi connectivity index (χ4n) is 6.75. The molecule has 2 heterocycles. The Morgan fingerprint density at radius 1 is 0.494 bits per heavy atom. The van der Waals surface area contributed by atoms with E-state index in [9.17, 15) is 92.5 Å². The second kappa shape index (κ2) is 31.1. The quantitative estimate of drug-likeness (QED) is 0.0298. The zero-order chi connectivity index (χ0) is 60.6. The summed E-state index contributed by atoms with van der Waals surface area (Å²) in [6.07, 6.45) is 0. The molecular formula is C40H21Cl2CoN14Na4O22S4. The molecule has 0 spiro atoms. The van der Waals surface area contributed by atoms with Gasteiger partial charge in [0.05, 0.1) is 66.4 Å². The molecule has 0 bridgehead atoms. The maximum Gasteiger partial charge on any atom is 3.00 e. The zero-order valence-corrected chi connectivity index (χ0v) is 57.8. The van der Waals surface area contributed by atoms with E-state index >= 15 is 0 Å². The second-order valence-corrected chi connectivity index (χ2v) is 21.5. The molecule has 47 heteroatoms. The number of hydrogen-bond donors (Lipinski definition) is 2. The van der Waals surface area contributed by atoms with Gasteiger partial charge in [0.25, 0.3) is 11.4 Å². The number of rotatable bonds is 16. The fraction of sp³-hybridized carbons (Fsp3) is 0.0500. The number of nitro groups is 2. The third-order valence-electron chi connectivity index (χ3n) is 10.2. The number of non-ortho nitro benzene ring substituents is 2. The smallest absolute Gasteiger partial charge is 0.871 e. The van der Waals surface area contributed by atoms with Gasteiger partial charge >= 0.3 is 148 Å². The molecule has 2 N–H and O–H groups in total. The van der Waals surface area contributed by atoms with Crippen LogP contribution in [0.25, 0.3) is 21.5 Å². The van der Waals surface area contributed by atoms with Crippen LogP contribution in [-0.2, 0) is 57.3 Å². The molecule has 0 saturated carbocycles. The van der Waals surface area contributed by atoms with Gasteiger partial charge in [0.15, 0.2) is 0 Å². The largest absolute Gasteiger partial charge is 3.00 e. The van der Waals surface area contributed by atoms with E-state index in [0.29, 0.717) is 48.5 Å². The van der Waals surface area contributed by atoms with Crippen molar-refractivity contribution >= 4 is 143 Å². The van der Waals surface area contributed by atoms with Crippen molar-refractivity contribution in [3.8, 4) is 35.0 Å². The number of hydrogen-bond acceptors (Lipinski definition) is 34. The van der Waals surface area contributed by atoms with Gasteiger partial charge in [-0.25, -0.2) is 33.7 Å². The Morgan fingerprint density at radius 3 is 1.11 bits per heavy atom. The molecule has 8 rings (SSSR count). The molecule has 2 aromatic heterocycles. The van der Waals surface area contributed by atoms with Crippen LogP contribution < -0.4 is 159 Å². The summed E-state index contributed by atoms with van der Waals surface area (Å²) in [7, 11) is -19.1. The van der Waals surface area contributed by atoms with E-state index in [1.807, 2.05) is 0 Å². The Labute approximate surface area is 596 Å². The van der Waals surface area contributed by atoms with Crippen molar-refractivity contribution in [3.05, 3.63) is 104 Å². The summed E-state index contributed by atoms with van der Waals surface area (Å²) in [5, 5.41) is 89.0. The van der Waals surface area contributed by atoms with Gasteiger partial charge in [-0.3, -0.25) is 20.2 Å². The Hall–Kier alpha value is -5.01.